The van der Waals surface area contributed by atoms with E-state index in [2.05, 4.69) is 17.2 Å². The van der Waals surface area contributed by atoms with E-state index in [0.29, 0.717) is 49.4 Å². The minimum Gasteiger partial charge on any atom is -0.493 e. The average Bonchev–Trinajstić information content (AvgIpc) is 3.14. The number of nitrogens with one attached hydrogen (secondary N) is 1. The Balaban J connectivity index is 1.79. The van der Waals surface area contributed by atoms with Crippen molar-refractivity contribution >= 4 is 22.9 Å². The normalized spacial score (nSPS) is 10.9. The lowest BCUT2D eigenvalue weighted by molar-refractivity contribution is 0.102. The summed E-state index contributed by atoms with van der Waals surface area (Å²) in [5, 5.41) is 2.96. The van der Waals surface area contributed by atoms with E-state index in [1.54, 1.807) is 25.3 Å². The molecule has 0 unspecified atom stereocenters. The molecule has 166 valence electrons. The first-order valence-electron chi connectivity index (χ1n) is 10.8. The number of para-hydroxylation sites is 2. The molecule has 0 saturated heterocycles. The number of hydrogen-bond donors (Lipinski definition) is 1. The Hall–Kier alpha value is -3.06. The number of carbonyl (C=O) groups excluding carboxylic acids is 1. The largest absolute Gasteiger partial charge is 0.493 e. The number of imidazole rings is 1. The van der Waals surface area contributed by atoms with Gasteiger partial charge in [0.2, 0.25) is 5.95 Å². The van der Waals surface area contributed by atoms with Gasteiger partial charge in [0.15, 0.2) is 11.5 Å². The molecule has 0 atom stereocenters. The lowest BCUT2D eigenvalue weighted by Gasteiger charge is -2.13. The summed E-state index contributed by atoms with van der Waals surface area (Å²) >= 11 is 0. The predicted molar refractivity (Wildman–Crippen MR) is 122 cm³/mol. The number of anilines is 1. The van der Waals surface area contributed by atoms with Crippen molar-refractivity contribution in [3.8, 4) is 11.5 Å². The number of rotatable bonds is 12. The molecule has 1 heterocycles. The molecule has 3 aromatic rings. The van der Waals surface area contributed by atoms with Gasteiger partial charge in [0, 0.05) is 25.3 Å². The van der Waals surface area contributed by atoms with Gasteiger partial charge >= 0.3 is 0 Å². The molecule has 1 amide bonds. The topological polar surface area (TPSA) is 74.6 Å². The number of aromatic nitrogens is 2. The second-order valence-corrected chi connectivity index (χ2v) is 7.15. The first kappa shape index (κ1) is 22.6. The molecular weight excluding hydrogens is 394 g/mol. The third-order valence-electron chi connectivity index (χ3n) is 4.94. The van der Waals surface area contributed by atoms with Crippen LogP contribution in [0, 0.1) is 0 Å². The molecule has 0 aliphatic rings. The monoisotopic (exact) mass is 425 g/mol. The maximum Gasteiger partial charge on any atom is 0.258 e. The Morgan fingerprint density at radius 1 is 1.06 bits per heavy atom. The molecule has 0 spiro atoms. The summed E-state index contributed by atoms with van der Waals surface area (Å²) in [7, 11) is 1.57. The molecule has 7 heteroatoms. The van der Waals surface area contributed by atoms with Crippen LogP contribution < -0.4 is 14.8 Å². The van der Waals surface area contributed by atoms with Crippen molar-refractivity contribution in [2.24, 2.45) is 0 Å². The highest BCUT2D eigenvalue weighted by molar-refractivity contribution is 6.04. The van der Waals surface area contributed by atoms with E-state index >= 15 is 0 Å². The molecule has 31 heavy (non-hydrogen) atoms. The first-order valence-corrected chi connectivity index (χ1v) is 10.8. The number of benzene rings is 2. The Morgan fingerprint density at radius 3 is 2.68 bits per heavy atom. The second kappa shape index (κ2) is 11.4. The van der Waals surface area contributed by atoms with Gasteiger partial charge in [0.25, 0.3) is 5.91 Å². The van der Waals surface area contributed by atoms with E-state index < -0.39 is 0 Å². The fourth-order valence-corrected chi connectivity index (χ4v) is 3.29. The predicted octanol–water partition coefficient (Wildman–Crippen LogP) is 4.90. The van der Waals surface area contributed by atoms with E-state index in [-0.39, 0.29) is 5.91 Å². The van der Waals surface area contributed by atoms with Gasteiger partial charge in [-0.2, -0.15) is 0 Å². The fourth-order valence-electron chi connectivity index (χ4n) is 3.29. The number of carbonyl (C=O) groups is 1. The third kappa shape index (κ3) is 5.76. The smallest absolute Gasteiger partial charge is 0.258 e. The van der Waals surface area contributed by atoms with E-state index in [0.717, 1.165) is 30.3 Å². The molecule has 3 rings (SSSR count). The standard InChI is InChI=1S/C24H31N3O4/c1-4-6-16-31-21-13-12-18(17-22(21)29-3)23(28)26-24-25-19-10-7-8-11-20(19)27(24)14-9-15-30-5-2/h7-8,10-13,17H,4-6,9,14-16H2,1-3H3,(H,25,26,28). The number of nitrogens with zero attached hydrogens (tertiary/aromatic N) is 2. The summed E-state index contributed by atoms with van der Waals surface area (Å²) in [4.78, 5) is 17.6. The van der Waals surface area contributed by atoms with Gasteiger partial charge in [-0.1, -0.05) is 25.5 Å². The van der Waals surface area contributed by atoms with Crippen molar-refractivity contribution in [1.82, 2.24) is 9.55 Å². The number of aryl methyl sites for hydroxylation is 1. The Labute approximate surface area is 183 Å². The molecule has 0 bridgehead atoms. The highest BCUT2D eigenvalue weighted by atomic mass is 16.5. The molecular formula is C24H31N3O4. The van der Waals surface area contributed by atoms with Gasteiger partial charge in [-0.05, 0) is 50.1 Å². The quantitative estimate of drug-likeness (QED) is 0.418. The van der Waals surface area contributed by atoms with Crippen molar-refractivity contribution in [1.29, 1.82) is 0 Å². The maximum atomic E-state index is 13.0. The minimum atomic E-state index is -0.250. The summed E-state index contributed by atoms with van der Waals surface area (Å²) in [5.74, 6) is 1.44. The number of amides is 1. The van der Waals surface area contributed by atoms with Gasteiger partial charge in [0.1, 0.15) is 0 Å². The third-order valence-corrected chi connectivity index (χ3v) is 4.94. The van der Waals surface area contributed by atoms with Crippen LogP contribution in [-0.2, 0) is 11.3 Å². The molecule has 0 aliphatic carbocycles. The van der Waals surface area contributed by atoms with Crippen LogP contribution in [0.5, 0.6) is 11.5 Å². The van der Waals surface area contributed by atoms with Crippen molar-refractivity contribution in [2.75, 3.05) is 32.2 Å². The van der Waals surface area contributed by atoms with Crippen LogP contribution in [0.4, 0.5) is 5.95 Å². The zero-order valence-electron chi connectivity index (χ0n) is 18.5. The SMILES string of the molecule is CCCCOc1ccc(C(=O)Nc2nc3ccccc3n2CCCOCC)cc1OC. The van der Waals surface area contributed by atoms with Crippen molar-refractivity contribution in [3.05, 3.63) is 48.0 Å². The minimum absolute atomic E-state index is 0.250. The Kier molecular flexibility index (Phi) is 8.29. The van der Waals surface area contributed by atoms with Gasteiger partial charge in [-0.25, -0.2) is 4.98 Å². The van der Waals surface area contributed by atoms with Gasteiger partial charge < -0.3 is 18.8 Å². The first-order chi connectivity index (χ1) is 15.2. The highest BCUT2D eigenvalue weighted by Gasteiger charge is 2.16. The molecule has 0 fully saturated rings. The van der Waals surface area contributed by atoms with Crippen LogP contribution >= 0.6 is 0 Å². The van der Waals surface area contributed by atoms with Gasteiger partial charge in [-0.3, -0.25) is 10.1 Å². The van der Waals surface area contributed by atoms with Crippen LogP contribution in [0.15, 0.2) is 42.5 Å². The molecule has 0 saturated carbocycles. The van der Waals surface area contributed by atoms with Crippen LogP contribution in [0.2, 0.25) is 0 Å². The van der Waals surface area contributed by atoms with Gasteiger partial charge in [-0.15, -0.1) is 0 Å². The van der Waals surface area contributed by atoms with Gasteiger partial charge in [0.05, 0.1) is 24.8 Å². The lowest BCUT2D eigenvalue weighted by Crippen LogP contribution is -2.17. The second-order valence-electron chi connectivity index (χ2n) is 7.15. The van der Waals surface area contributed by atoms with Crippen molar-refractivity contribution in [3.63, 3.8) is 0 Å². The molecule has 0 radical (unpaired) electrons. The number of hydrogen-bond acceptors (Lipinski definition) is 5. The van der Waals surface area contributed by atoms with Crippen LogP contribution in [0.1, 0.15) is 43.5 Å². The van der Waals surface area contributed by atoms with E-state index in [9.17, 15) is 4.79 Å². The fraction of sp³-hybridized carbons (Fsp3) is 0.417. The van der Waals surface area contributed by atoms with E-state index in [4.69, 9.17) is 14.2 Å². The van der Waals surface area contributed by atoms with E-state index in [1.807, 2.05) is 35.8 Å². The summed E-state index contributed by atoms with van der Waals surface area (Å²) in [6.45, 7) is 6.75. The van der Waals surface area contributed by atoms with Crippen LogP contribution in [0.3, 0.4) is 0 Å². The molecule has 0 aliphatic heterocycles. The summed E-state index contributed by atoms with van der Waals surface area (Å²) in [6, 6.07) is 13.1. The lowest BCUT2D eigenvalue weighted by atomic mass is 10.2. The summed E-state index contributed by atoms with van der Waals surface area (Å²) in [5.41, 5.74) is 2.30. The Morgan fingerprint density at radius 2 is 1.90 bits per heavy atom. The summed E-state index contributed by atoms with van der Waals surface area (Å²) < 4.78 is 18.7. The number of fused-ring (bicyclic) bond motifs is 1. The zero-order valence-corrected chi connectivity index (χ0v) is 18.5. The average molecular weight is 426 g/mol. The summed E-state index contributed by atoms with van der Waals surface area (Å²) in [6.07, 6.45) is 2.84. The van der Waals surface area contributed by atoms with Crippen molar-refractivity contribution in [2.45, 2.75) is 39.7 Å². The number of ether oxygens (including phenoxy) is 3. The molecule has 2 aromatic carbocycles. The van der Waals surface area contributed by atoms with E-state index in [1.165, 1.54) is 0 Å². The molecule has 1 aromatic heterocycles. The van der Waals surface area contributed by atoms with Crippen molar-refractivity contribution < 1.29 is 19.0 Å². The van der Waals surface area contributed by atoms with Crippen LogP contribution in [-0.4, -0.2) is 42.4 Å². The zero-order chi connectivity index (χ0) is 22.1. The Bertz CT molecular complexity index is 1000. The molecule has 1 N–H and O–H groups in total. The highest BCUT2D eigenvalue weighted by Crippen LogP contribution is 2.29. The number of unbranched alkanes of at least 4 members (excludes halogenated alkanes) is 1. The maximum absolute atomic E-state index is 13.0. The number of methoxy groups -OCH3 is 1. The van der Waals surface area contributed by atoms with Crippen LogP contribution in [0.25, 0.3) is 11.0 Å². The molecule has 7 nitrogen and oxygen atoms in total.